The molecule has 0 bridgehead atoms. The lowest BCUT2D eigenvalue weighted by Crippen LogP contribution is -2.38. The van der Waals surface area contributed by atoms with Crippen LogP contribution in [0, 0.1) is 0 Å². The molecule has 1 aliphatic rings. The van der Waals surface area contributed by atoms with E-state index in [4.69, 9.17) is 0 Å². The fraction of sp³-hybridized carbons (Fsp3) is 0.364. The van der Waals surface area contributed by atoms with Gasteiger partial charge >= 0.3 is 0 Å². The van der Waals surface area contributed by atoms with E-state index in [1.807, 2.05) is 0 Å². The van der Waals surface area contributed by atoms with Crippen LogP contribution in [0.3, 0.4) is 0 Å². The van der Waals surface area contributed by atoms with Gasteiger partial charge in [-0.25, -0.2) is 4.98 Å². The van der Waals surface area contributed by atoms with Crippen LogP contribution in [-0.2, 0) is 4.79 Å². The second-order valence-electron chi connectivity index (χ2n) is 3.17. The summed E-state index contributed by atoms with van der Waals surface area (Å²) in [6.07, 6.45) is 2.58. The Hall–Kier alpha value is -1.49. The monoisotopic (exact) mass is 238 g/mol. The molecule has 0 aliphatic carbocycles. The first-order valence-corrected chi connectivity index (χ1v) is 5.86. The van der Waals surface area contributed by atoms with E-state index in [2.05, 4.69) is 18.1 Å². The maximum absolute atomic E-state index is 11.7. The van der Waals surface area contributed by atoms with Crippen molar-refractivity contribution in [2.45, 2.75) is 12.8 Å². The van der Waals surface area contributed by atoms with Crippen LogP contribution in [0.15, 0.2) is 24.7 Å². The van der Waals surface area contributed by atoms with Crippen LogP contribution in [0.4, 0.5) is 0 Å². The standard InChI is InChI=1S/C9H10N2O2S.C2H4/c12-7-1-4-11(5-2-7)9(13)8-10-3-6-14-8;1-2/h3,6H,1-2,4-5H2;1-2H2. The maximum Gasteiger partial charge on any atom is 0.282 e. The van der Waals surface area contributed by atoms with Gasteiger partial charge in [-0.15, -0.1) is 24.5 Å². The number of rotatable bonds is 1. The Balaban J connectivity index is 0.000000606. The predicted molar refractivity (Wildman–Crippen MR) is 63.5 cm³/mol. The molecule has 1 aliphatic heterocycles. The zero-order valence-corrected chi connectivity index (χ0v) is 9.83. The third-order valence-electron chi connectivity index (χ3n) is 2.22. The summed E-state index contributed by atoms with van der Waals surface area (Å²) < 4.78 is 0. The van der Waals surface area contributed by atoms with Gasteiger partial charge in [0.1, 0.15) is 5.78 Å². The van der Waals surface area contributed by atoms with E-state index < -0.39 is 0 Å². The molecule has 1 aromatic heterocycles. The van der Waals surface area contributed by atoms with E-state index in [1.165, 1.54) is 11.3 Å². The summed E-state index contributed by atoms with van der Waals surface area (Å²) in [7, 11) is 0. The molecule has 16 heavy (non-hydrogen) atoms. The number of carbonyl (C=O) groups is 2. The van der Waals surface area contributed by atoms with Crippen molar-refractivity contribution in [1.29, 1.82) is 0 Å². The minimum atomic E-state index is -0.0486. The second-order valence-corrected chi connectivity index (χ2v) is 4.06. The Labute approximate surface area is 98.6 Å². The molecule has 0 saturated carbocycles. The minimum absolute atomic E-state index is 0.0486. The number of nitrogens with zero attached hydrogens (tertiary/aromatic N) is 2. The molecule has 0 unspecified atom stereocenters. The Morgan fingerprint density at radius 1 is 1.38 bits per heavy atom. The second kappa shape index (κ2) is 6.17. The number of Topliss-reactive ketones (excluding diaryl/α,β-unsaturated/α-hetero) is 1. The normalized spacial score (nSPS) is 15.2. The smallest absolute Gasteiger partial charge is 0.282 e. The summed E-state index contributed by atoms with van der Waals surface area (Å²) in [6, 6.07) is 0. The molecule has 0 radical (unpaired) electrons. The van der Waals surface area contributed by atoms with Crippen LogP contribution in [0.25, 0.3) is 0 Å². The highest BCUT2D eigenvalue weighted by Gasteiger charge is 2.22. The molecule has 0 atom stereocenters. The van der Waals surface area contributed by atoms with Crippen molar-refractivity contribution >= 4 is 23.0 Å². The van der Waals surface area contributed by atoms with Crippen LogP contribution >= 0.6 is 11.3 Å². The molecule has 1 fully saturated rings. The van der Waals surface area contributed by atoms with Crippen LogP contribution in [0.5, 0.6) is 0 Å². The van der Waals surface area contributed by atoms with Crippen molar-refractivity contribution in [3.8, 4) is 0 Å². The van der Waals surface area contributed by atoms with Crippen molar-refractivity contribution in [3.63, 3.8) is 0 Å². The number of likely N-dealkylation sites (tertiary alicyclic amines) is 1. The molecular weight excluding hydrogens is 224 g/mol. The third kappa shape index (κ3) is 3.00. The third-order valence-corrected chi connectivity index (χ3v) is 2.98. The van der Waals surface area contributed by atoms with E-state index in [0.29, 0.717) is 30.9 Å². The average Bonchev–Trinajstić information content (AvgIpc) is 2.85. The van der Waals surface area contributed by atoms with Crippen LogP contribution in [0.1, 0.15) is 22.6 Å². The van der Waals surface area contributed by atoms with Crippen LogP contribution in [-0.4, -0.2) is 34.7 Å². The van der Waals surface area contributed by atoms with Gasteiger partial charge in [-0.1, -0.05) is 0 Å². The number of aromatic nitrogens is 1. The summed E-state index contributed by atoms with van der Waals surface area (Å²) in [6.45, 7) is 7.08. The van der Waals surface area contributed by atoms with Gasteiger partial charge in [0.05, 0.1) is 0 Å². The molecule has 86 valence electrons. The largest absolute Gasteiger partial charge is 0.336 e. The Morgan fingerprint density at radius 3 is 2.50 bits per heavy atom. The zero-order valence-electron chi connectivity index (χ0n) is 9.02. The van der Waals surface area contributed by atoms with Crippen LogP contribution < -0.4 is 0 Å². The molecular formula is C11H14N2O2S. The Bertz CT molecular complexity index is 352. The van der Waals surface area contributed by atoms with Gasteiger partial charge in [0.25, 0.3) is 5.91 Å². The molecule has 1 aromatic rings. The number of hydrogen-bond acceptors (Lipinski definition) is 4. The summed E-state index contributed by atoms with van der Waals surface area (Å²) in [4.78, 5) is 28.3. The van der Waals surface area contributed by atoms with E-state index in [0.717, 1.165) is 0 Å². The molecule has 1 amide bonds. The van der Waals surface area contributed by atoms with Gasteiger partial charge in [-0.05, 0) is 0 Å². The van der Waals surface area contributed by atoms with Gasteiger partial charge in [0, 0.05) is 37.5 Å². The lowest BCUT2D eigenvalue weighted by Gasteiger charge is -2.24. The summed E-state index contributed by atoms with van der Waals surface area (Å²) in [5, 5.41) is 2.29. The summed E-state index contributed by atoms with van der Waals surface area (Å²) in [5.74, 6) is 0.195. The molecule has 0 aromatic carbocycles. The summed E-state index contributed by atoms with van der Waals surface area (Å²) >= 11 is 1.34. The van der Waals surface area contributed by atoms with E-state index >= 15 is 0 Å². The fourth-order valence-corrected chi connectivity index (χ4v) is 2.03. The quantitative estimate of drug-likeness (QED) is 0.700. The van der Waals surface area contributed by atoms with Crippen molar-refractivity contribution in [3.05, 3.63) is 29.7 Å². The van der Waals surface area contributed by atoms with Crippen molar-refractivity contribution in [1.82, 2.24) is 9.88 Å². The SMILES string of the molecule is C=C.O=C1CCN(C(=O)c2nccs2)CC1. The van der Waals surface area contributed by atoms with Gasteiger partial charge in [0.2, 0.25) is 0 Å². The highest BCUT2D eigenvalue weighted by molar-refractivity contribution is 7.11. The topological polar surface area (TPSA) is 50.3 Å². The number of ketones is 1. The number of carbonyl (C=O) groups excluding carboxylic acids is 2. The molecule has 0 N–H and O–H groups in total. The van der Waals surface area contributed by atoms with Gasteiger partial charge < -0.3 is 4.90 Å². The van der Waals surface area contributed by atoms with E-state index in [1.54, 1.807) is 16.5 Å². The Morgan fingerprint density at radius 2 is 2.00 bits per heavy atom. The van der Waals surface area contributed by atoms with Crippen molar-refractivity contribution in [2.75, 3.05) is 13.1 Å². The molecule has 0 spiro atoms. The molecule has 4 nitrogen and oxygen atoms in total. The molecule has 5 heteroatoms. The highest BCUT2D eigenvalue weighted by Crippen LogP contribution is 2.12. The first kappa shape index (κ1) is 12.6. The lowest BCUT2D eigenvalue weighted by atomic mass is 10.1. The maximum atomic E-state index is 11.7. The van der Waals surface area contributed by atoms with E-state index in [9.17, 15) is 9.59 Å². The number of thiazole rings is 1. The van der Waals surface area contributed by atoms with Crippen molar-refractivity contribution in [2.24, 2.45) is 0 Å². The van der Waals surface area contributed by atoms with Crippen molar-refractivity contribution < 1.29 is 9.59 Å². The van der Waals surface area contributed by atoms with Gasteiger partial charge in [-0.2, -0.15) is 0 Å². The minimum Gasteiger partial charge on any atom is -0.336 e. The Kier molecular flexibility index (Phi) is 4.85. The predicted octanol–water partition coefficient (Wildman–Crippen LogP) is 1.75. The van der Waals surface area contributed by atoms with Crippen LogP contribution in [0.2, 0.25) is 0 Å². The number of amides is 1. The van der Waals surface area contributed by atoms with E-state index in [-0.39, 0.29) is 11.7 Å². The first-order chi connectivity index (χ1) is 7.77. The number of hydrogen-bond donors (Lipinski definition) is 0. The molecule has 2 rings (SSSR count). The summed E-state index contributed by atoms with van der Waals surface area (Å²) in [5.41, 5.74) is 0. The number of piperidine rings is 1. The zero-order chi connectivity index (χ0) is 12.0. The lowest BCUT2D eigenvalue weighted by molar-refractivity contribution is -0.120. The fourth-order valence-electron chi connectivity index (χ4n) is 1.42. The first-order valence-electron chi connectivity index (χ1n) is 4.98. The van der Waals surface area contributed by atoms with Gasteiger partial charge in [0.15, 0.2) is 5.01 Å². The van der Waals surface area contributed by atoms with Gasteiger partial charge in [-0.3, -0.25) is 9.59 Å². The highest BCUT2D eigenvalue weighted by atomic mass is 32.1. The molecule has 2 heterocycles. The average molecular weight is 238 g/mol. The molecule has 1 saturated heterocycles.